The van der Waals surface area contributed by atoms with Crippen molar-refractivity contribution in [3.8, 4) is 11.3 Å². The smallest absolute Gasteiger partial charge is 0.305 e. The summed E-state index contributed by atoms with van der Waals surface area (Å²) in [5.74, 6) is -3.52. The van der Waals surface area contributed by atoms with E-state index in [2.05, 4.69) is 20.6 Å². The average Bonchev–Trinajstić information content (AvgIpc) is 3.65. The Kier molecular flexibility index (Phi) is 9.21. The number of aliphatic carboxylic acids is 1. The summed E-state index contributed by atoms with van der Waals surface area (Å²) in [6.45, 7) is 0. The van der Waals surface area contributed by atoms with Crippen molar-refractivity contribution in [3.05, 3.63) is 98.6 Å². The molecule has 0 saturated carbocycles. The van der Waals surface area contributed by atoms with Crippen LogP contribution in [-0.2, 0) is 27.2 Å². The summed E-state index contributed by atoms with van der Waals surface area (Å²) < 4.78 is 6.71. The van der Waals surface area contributed by atoms with Crippen LogP contribution in [0.4, 0.5) is 5.69 Å². The van der Waals surface area contributed by atoms with E-state index in [1.54, 1.807) is 18.2 Å². The van der Waals surface area contributed by atoms with Gasteiger partial charge >= 0.3 is 5.97 Å². The molecule has 4 aromatic rings. The van der Waals surface area contributed by atoms with Gasteiger partial charge in [-0.25, -0.2) is 9.97 Å². The summed E-state index contributed by atoms with van der Waals surface area (Å²) in [7, 11) is 0. The lowest BCUT2D eigenvalue weighted by molar-refractivity contribution is -0.137. The van der Waals surface area contributed by atoms with Crippen LogP contribution in [0, 0.1) is 0 Å². The van der Waals surface area contributed by atoms with Crippen LogP contribution in [0.1, 0.15) is 47.4 Å². The number of oxazole rings is 1. The van der Waals surface area contributed by atoms with Crippen molar-refractivity contribution in [3.63, 3.8) is 0 Å². The molecule has 12 nitrogen and oxygen atoms in total. The number of amides is 2. The summed E-state index contributed by atoms with van der Waals surface area (Å²) in [5, 5.41) is 14.9. The number of anilines is 1. The van der Waals surface area contributed by atoms with Gasteiger partial charge in [0.25, 0.3) is 11.4 Å². The Bertz CT molecular complexity index is 1780. The first kappa shape index (κ1) is 30.6. The van der Waals surface area contributed by atoms with E-state index < -0.39 is 53.5 Å². The number of halogens is 2. The van der Waals surface area contributed by atoms with Crippen molar-refractivity contribution in [2.24, 2.45) is 0 Å². The monoisotopic (exact) mass is 637 g/mol. The number of hydrogen-bond donors (Lipinski definition) is 3. The van der Waals surface area contributed by atoms with E-state index in [-0.39, 0.29) is 40.8 Å². The highest BCUT2D eigenvalue weighted by Crippen LogP contribution is 2.35. The Morgan fingerprint density at radius 3 is 2.45 bits per heavy atom. The Hall–Kier alpha value is -4.81. The van der Waals surface area contributed by atoms with E-state index in [1.807, 2.05) is 30.3 Å². The number of hydrogen-bond acceptors (Lipinski definition) is 8. The highest BCUT2D eigenvalue weighted by molar-refractivity contribution is 6.39. The molecular formula is C30H25Cl2N5O7. The Morgan fingerprint density at radius 1 is 1.02 bits per heavy atom. The minimum Gasteiger partial charge on any atom is -0.481 e. The van der Waals surface area contributed by atoms with E-state index in [1.165, 1.54) is 12.4 Å². The molecule has 2 aromatic heterocycles. The topological polar surface area (TPSA) is 173 Å². The SMILES string of the molecule is O=C(O)C[C@H](NC(=O)[C@@H]1CCc2ncc(NC(=O)CCc3ccccc3)c(=O)n21)C(=O)c1ncc(-c2c(Cl)cccc2Cl)o1. The molecule has 0 aliphatic carbocycles. The van der Waals surface area contributed by atoms with Crippen molar-refractivity contribution in [2.75, 3.05) is 5.32 Å². The molecule has 2 aromatic carbocycles. The fraction of sp³-hybridized carbons (Fsp3) is 0.233. The van der Waals surface area contributed by atoms with Crippen LogP contribution in [0.3, 0.4) is 0 Å². The number of nitrogens with zero attached hydrogens (tertiary/aromatic N) is 3. The van der Waals surface area contributed by atoms with Crippen molar-refractivity contribution in [1.82, 2.24) is 19.9 Å². The predicted molar refractivity (Wildman–Crippen MR) is 160 cm³/mol. The molecule has 2 amide bonds. The summed E-state index contributed by atoms with van der Waals surface area (Å²) in [6.07, 6.45) is 2.72. The van der Waals surface area contributed by atoms with Gasteiger partial charge in [0.2, 0.25) is 17.6 Å². The number of aromatic nitrogens is 3. The molecule has 0 saturated heterocycles. The fourth-order valence-corrected chi connectivity index (χ4v) is 5.48. The molecule has 3 heterocycles. The average molecular weight is 638 g/mol. The number of Topliss-reactive ketones (excluding diaryl/α,β-unsaturated/α-hetero) is 1. The van der Waals surface area contributed by atoms with Crippen molar-refractivity contribution >= 4 is 52.5 Å². The lowest BCUT2D eigenvalue weighted by atomic mass is 10.1. The zero-order valence-electron chi connectivity index (χ0n) is 23.0. The van der Waals surface area contributed by atoms with Gasteiger partial charge in [0.15, 0.2) is 5.76 Å². The van der Waals surface area contributed by atoms with Crippen molar-refractivity contribution < 1.29 is 28.7 Å². The van der Waals surface area contributed by atoms with Gasteiger partial charge in [-0.3, -0.25) is 28.5 Å². The van der Waals surface area contributed by atoms with E-state index in [4.69, 9.17) is 27.6 Å². The fourth-order valence-electron chi connectivity index (χ4n) is 4.89. The molecule has 0 radical (unpaired) electrons. The minimum atomic E-state index is -1.57. The number of carbonyl (C=O) groups is 4. The highest BCUT2D eigenvalue weighted by atomic mass is 35.5. The molecule has 5 rings (SSSR count). The largest absolute Gasteiger partial charge is 0.481 e. The van der Waals surface area contributed by atoms with Gasteiger partial charge in [-0.2, -0.15) is 0 Å². The standard InChI is InChI=1S/C30H25Cl2N5O7/c31-17-7-4-8-18(32)26(17)22-15-34-29(44-22)27(41)19(13-25(39)40)36-28(42)21-10-11-23-33-14-20(30(43)37(21)23)35-24(38)12-9-16-5-2-1-3-6-16/h1-8,14-15,19,21H,9-13H2,(H,35,38)(H,36,42)(H,39,40)/t19-,21-/m0/s1. The normalized spacial score (nSPS) is 14.5. The van der Waals surface area contributed by atoms with Crippen molar-refractivity contribution in [2.45, 2.75) is 44.2 Å². The predicted octanol–water partition coefficient (Wildman–Crippen LogP) is 4.11. The second-order valence-electron chi connectivity index (χ2n) is 10.0. The zero-order chi connectivity index (χ0) is 31.4. The summed E-state index contributed by atoms with van der Waals surface area (Å²) in [5.41, 5.74) is 0.506. The number of carbonyl (C=O) groups excluding carboxylic acids is 3. The molecule has 44 heavy (non-hydrogen) atoms. The Balaban J connectivity index is 1.32. The number of rotatable bonds is 11. The van der Waals surface area contributed by atoms with E-state index in [0.717, 1.165) is 10.1 Å². The number of aryl methyl sites for hydroxylation is 2. The summed E-state index contributed by atoms with van der Waals surface area (Å²) in [6, 6.07) is 11.5. The molecule has 1 aliphatic heterocycles. The second kappa shape index (κ2) is 13.2. The van der Waals surface area contributed by atoms with Crippen LogP contribution in [-0.4, -0.2) is 49.3 Å². The first-order valence-electron chi connectivity index (χ1n) is 13.5. The molecule has 14 heteroatoms. The number of ketones is 1. The molecule has 1 aliphatic rings. The molecule has 0 bridgehead atoms. The zero-order valence-corrected chi connectivity index (χ0v) is 24.5. The quantitative estimate of drug-likeness (QED) is 0.204. The number of carboxylic acid groups (broad SMARTS) is 1. The van der Waals surface area contributed by atoms with Gasteiger partial charge in [0.05, 0.1) is 34.4 Å². The van der Waals surface area contributed by atoms with E-state index in [0.29, 0.717) is 17.8 Å². The lowest BCUT2D eigenvalue weighted by Crippen LogP contribution is -2.46. The van der Waals surface area contributed by atoms with Crippen molar-refractivity contribution in [1.29, 1.82) is 0 Å². The van der Waals surface area contributed by atoms with Crippen LogP contribution in [0.2, 0.25) is 10.0 Å². The van der Waals surface area contributed by atoms with Crippen LogP contribution in [0.25, 0.3) is 11.3 Å². The van der Waals surface area contributed by atoms with Gasteiger partial charge < -0.3 is 20.2 Å². The third-order valence-corrected chi connectivity index (χ3v) is 7.65. The van der Waals surface area contributed by atoms with Crippen LogP contribution < -0.4 is 16.2 Å². The minimum absolute atomic E-state index is 0.0741. The third kappa shape index (κ3) is 6.71. The van der Waals surface area contributed by atoms with E-state index in [9.17, 15) is 29.1 Å². The molecule has 3 N–H and O–H groups in total. The number of fused-ring (bicyclic) bond motifs is 1. The molecule has 2 atom stereocenters. The van der Waals surface area contributed by atoms with Gasteiger partial charge in [-0.15, -0.1) is 0 Å². The lowest BCUT2D eigenvalue weighted by Gasteiger charge is -2.19. The first-order chi connectivity index (χ1) is 21.1. The maximum atomic E-state index is 13.4. The highest BCUT2D eigenvalue weighted by Gasteiger charge is 2.35. The molecule has 0 spiro atoms. The van der Waals surface area contributed by atoms with Gasteiger partial charge in [-0.05, 0) is 30.5 Å². The second-order valence-corrected chi connectivity index (χ2v) is 10.8. The Labute approximate surface area is 260 Å². The number of carboxylic acids is 1. The molecule has 226 valence electrons. The van der Waals surface area contributed by atoms with Gasteiger partial charge in [-0.1, -0.05) is 59.6 Å². The van der Waals surface area contributed by atoms with Gasteiger partial charge in [0, 0.05) is 12.8 Å². The molecule has 0 unspecified atom stereocenters. The van der Waals surface area contributed by atoms with E-state index >= 15 is 0 Å². The van der Waals surface area contributed by atoms with Gasteiger partial charge in [0.1, 0.15) is 23.6 Å². The van der Waals surface area contributed by atoms with Crippen LogP contribution in [0.15, 0.2) is 70.1 Å². The van der Waals surface area contributed by atoms with Crippen LogP contribution >= 0.6 is 23.2 Å². The molecule has 0 fully saturated rings. The summed E-state index contributed by atoms with van der Waals surface area (Å²) in [4.78, 5) is 72.3. The first-order valence-corrected chi connectivity index (χ1v) is 14.3. The maximum Gasteiger partial charge on any atom is 0.305 e. The number of benzene rings is 2. The summed E-state index contributed by atoms with van der Waals surface area (Å²) >= 11 is 12.4. The van der Waals surface area contributed by atoms with Crippen LogP contribution in [0.5, 0.6) is 0 Å². The number of nitrogens with one attached hydrogen (secondary N) is 2. The maximum absolute atomic E-state index is 13.4. The molecular weight excluding hydrogens is 613 g/mol. The third-order valence-electron chi connectivity index (χ3n) is 7.02. The Morgan fingerprint density at radius 2 is 1.75 bits per heavy atom.